The number of carbonyl (C=O) groups is 3. The number of hydrogen-bond acceptors (Lipinski definition) is 7. The largest absolute Gasteiger partial charge is 0.496 e. The van der Waals surface area contributed by atoms with E-state index in [4.69, 9.17) is 18.9 Å². The van der Waals surface area contributed by atoms with Crippen molar-refractivity contribution in [1.82, 2.24) is 5.32 Å². The third-order valence-electron chi connectivity index (χ3n) is 9.34. The van der Waals surface area contributed by atoms with Crippen LogP contribution >= 0.6 is 0 Å². The summed E-state index contributed by atoms with van der Waals surface area (Å²) < 4.78 is 37.3. The number of rotatable bonds is 9. The van der Waals surface area contributed by atoms with E-state index >= 15 is 4.39 Å². The molecule has 1 saturated carbocycles. The molecule has 45 heavy (non-hydrogen) atoms. The molecule has 1 amide bonds. The highest BCUT2D eigenvalue weighted by atomic mass is 19.1. The molecule has 1 fully saturated rings. The van der Waals surface area contributed by atoms with Crippen molar-refractivity contribution in [3.8, 4) is 11.5 Å². The van der Waals surface area contributed by atoms with Crippen LogP contribution in [0.5, 0.6) is 11.5 Å². The summed E-state index contributed by atoms with van der Waals surface area (Å²) >= 11 is 0. The van der Waals surface area contributed by atoms with Crippen molar-refractivity contribution in [2.75, 3.05) is 14.2 Å². The van der Waals surface area contributed by atoms with Crippen molar-refractivity contribution in [2.24, 2.45) is 17.3 Å². The number of nitrogens with one attached hydrogen (secondary N) is 1. The molecule has 6 rings (SSSR count). The maximum Gasteiger partial charge on any atom is 0.315 e. The Kier molecular flexibility index (Phi) is 8.36. The second-order valence-electron chi connectivity index (χ2n) is 12.2. The first kappa shape index (κ1) is 30.4. The predicted octanol–water partition coefficient (Wildman–Crippen LogP) is 6.07. The highest BCUT2D eigenvalue weighted by Crippen LogP contribution is 2.41. The Morgan fingerprint density at radius 3 is 2.51 bits per heavy atom. The molecule has 0 aliphatic heterocycles. The minimum Gasteiger partial charge on any atom is -0.496 e. The number of allylic oxidation sites excluding steroid dienone is 1. The summed E-state index contributed by atoms with van der Waals surface area (Å²) in [4.78, 5) is 39.1. The third kappa shape index (κ3) is 5.91. The molecule has 1 N–H and O–H groups in total. The molecule has 0 unspecified atom stereocenters. The summed E-state index contributed by atoms with van der Waals surface area (Å²) in [5.41, 5.74) is 1.15. The van der Waals surface area contributed by atoms with E-state index in [1.165, 1.54) is 20.3 Å². The lowest BCUT2D eigenvalue weighted by Gasteiger charge is -2.35. The van der Waals surface area contributed by atoms with Gasteiger partial charge in [-0.2, -0.15) is 0 Å². The molecule has 3 atom stereocenters. The van der Waals surface area contributed by atoms with Crippen LogP contribution in [0.25, 0.3) is 10.8 Å². The zero-order valence-corrected chi connectivity index (χ0v) is 25.5. The number of amides is 1. The summed E-state index contributed by atoms with van der Waals surface area (Å²) in [6, 6.07) is 15.9. The zero-order chi connectivity index (χ0) is 31.7. The number of ether oxygens (including phenoxy) is 4. The second kappa shape index (κ2) is 12.4. The first-order chi connectivity index (χ1) is 21.7. The first-order valence-corrected chi connectivity index (χ1v) is 15.2. The van der Waals surface area contributed by atoms with Gasteiger partial charge in [-0.1, -0.05) is 60.7 Å². The fourth-order valence-electron chi connectivity index (χ4n) is 6.67. The minimum atomic E-state index is -0.686. The first-order valence-electron chi connectivity index (χ1n) is 15.2. The SMILES string of the molecule is COC(=O)[C@H]1C2=C[C@H](C=C2)[C@H]1NC(=O)c1cc(OC2CCC(C)(C(=O)OCc3cccc4ccccc34)CC2)c(F)cc1OC. The highest BCUT2D eigenvalue weighted by molar-refractivity contribution is 5.98. The van der Waals surface area contributed by atoms with E-state index in [0.717, 1.165) is 28.0 Å². The van der Waals surface area contributed by atoms with E-state index in [1.54, 1.807) is 0 Å². The van der Waals surface area contributed by atoms with E-state index in [1.807, 2.05) is 67.6 Å². The predicted molar refractivity (Wildman–Crippen MR) is 165 cm³/mol. The lowest BCUT2D eigenvalue weighted by atomic mass is 9.74. The van der Waals surface area contributed by atoms with Gasteiger partial charge in [-0.05, 0) is 60.6 Å². The molecule has 0 saturated heterocycles. The van der Waals surface area contributed by atoms with Gasteiger partial charge in [0.2, 0.25) is 0 Å². The molecule has 3 aliphatic carbocycles. The molecular formula is C36H36FNO7. The number of esters is 2. The Labute approximate surface area is 261 Å². The van der Waals surface area contributed by atoms with Crippen molar-refractivity contribution in [3.63, 3.8) is 0 Å². The van der Waals surface area contributed by atoms with Crippen molar-refractivity contribution < 1.29 is 37.7 Å². The number of benzene rings is 3. The maximum atomic E-state index is 15.1. The van der Waals surface area contributed by atoms with E-state index in [2.05, 4.69) is 5.32 Å². The fourth-order valence-corrected chi connectivity index (χ4v) is 6.67. The van der Waals surface area contributed by atoms with Crippen molar-refractivity contribution in [2.45, 2.75) is 51.4 Å². The minimum absolute atomic E-state index is 0.0486. The Hall–Kier alpha value is -4.66. The number of halogens is 1. The second-order valence-corrected chi connectivity index (χ2v) is 12.2. The fraction of sp³-hybridized carbons (Fsp3) is 0.361. The topological polar surface area (TPSA) is 100 Å². The van der Waals surface area contributed by atoms with Gasteiger partial charge in [0.1, 0.15) is 18.3 Å². The van der Waals surface area contributed by atoms with E-state index in [9.17, 15) is 14.4 Å². The number of methoxy groups -OCH3 is 2. The van der Waals surface area contributed by atoms with Crippen LogP contribution in [-0.4, -0.2) is 44.2 Å². The highest BCUT2D eigenvalue weighted by Gasteiger charge is 2.44. The lowest BCUT2D eigenvalue weighted by Crippen LogP contribution is -2.46. The van der Waals surface area contributed by atoms with Gasteiger partial charge in [0.15, 0.2) is 11.6 Å². The molecule has 0 radical (unpaired) electrons. The molecule has 0 spiro atoms. The summed E-state index contributed by atoms with van der Waals surface area (Å²) in [7, 11) is 2.67. The normalized spacial score (nSPS) is 25.0. The molecule has 3 aliphatic rings. The Morgan fingerprint density at radius 1 is 1.00 bits per heavy atom. The van der Waals surface area contributed by atoms with Crippen LogP contribution in [0.3, 0.4) is 0 Å². The van der Waals surface area contributed by atoms with E-state index in [-0.39, 0.29) is 41.7 Å². The van der Waals surface area contributed by atoms with Crippen LogP contribution in [0.2, 0.25) is 0 Å². The van der Waals surface area contributed by atoms with Gasteiger partial charge in [-0.15, -0.1) is 0 Å². The number of carbonyl (C=O) groups excluding carboxylic acids is 3. The lowest BCUT2D eigenvalue weighted by molar-refractivity contribution is -0.159. The Balaban J connectivity index is 1.09. The van der Waals surface area contributed by atoms with Gasteiger partial charge >= 0.3 is 11.9 Å². The van der Waals surface area contributed by atoms with E-state index in [0.29, 0.717) is 25.7 Å². The molecule has 234 valence electrons. The van der Waals surface area contributed by atoms with Crippen LogP contribution in [0.1, 0.15) is 48.5 Å². The van der Waals surface area contributed by atoms with Crippen LogP contribution in [0.4, 0.5) is 4.39 Å². The molecule has 3 aromatic carbocycles. The number of hydrogen-bond donors (Lipinski definition) is 1. The van der Waals surface area contributed by atoms with Gasteiger partial charge in [0.05, 0.1) is 37.3 Å². The monoisotopic (exact) mass is 613 g/mol. The van der Waals surface area contributed by atoms with Crippen LogP contribution in [-0.2, 0) is 25.7 Å². The Morgan fingerprint density at radius 2 is 1.76 bits per heavy atom. The van der Waals surface area contributed by atoms with E-state index < -0.39 is 35.1 Å². The maximum absolute atomic E-state index is 15.1. The molecular weight excluding hydrogens is 577 g/mol. The summed E-state index contributed by atoms with van der Waals surface area (Å²) in [5.74, 6) is -2.67. The van der Waals surface area contributed by atoms with Crippen LogP contribution < -0.4 is 14.8 Å². The van der Waals surface area contributed by atoms with Gasteiger partial charge in [-0.3, -0.25) is 14.4 Å². The smallest absolute Gasteiger partial charge is 0.315 e. The summed E-state index contributed by atoms with van der Waals surface area (Å²) in [6.45, 7) is 2.08. The molecule has 0 heterocycles. The van der Waals surface area contributed by atoms with Crippen molar-refractivity contribution in [1.29, 1.82) is 0 Å². The summed E-state index contributed by atoms with van der Waals surface area (Å²) in [5, 5.41) is 5.06. The Bertz CT molecular complexity index is 1700. The molecule has 2 bridgehead atoms. The van der Waals surface area contributed by atoms with Crippen LogP contribution in [0.15, 0.2) is 78.4 Å². The quantitative estimate of drug-likeness (QED) is 0.293. The zero-order valence-electron chi connectivity index (χ0n) is 25.5. The molecule has 0 aromatic heterocycles. The third-order valence-corrected chi connectivity index (χ3v) is 9.34. The van der Waals surface area contributed by atoms with Crippen LogP contribution in [0, 0.1) is 23.1 Å². The van der Waals surface area contributed by atoms with Crippen molar-refractivity contribution in [3.05, 3.63) is 95.3 Å². The number of fused-ring (bicyclic) bond motifs is 2. The van der Waals surface area contributed by atoms with Gasteiger partial charge < -0.3 is 24.3 Å². The molecule has 9 heteroatoms. The standard InChI is InChI=1S/C36H36FNO7/c1-36(35(41)44-20-24-9-6-8-21-7-4-5-10-26(21)24)15-13-25(14-16-36)45-30-18-27(29(42-2)19-28(30)37)33(39)38-32-23-12-11-22(17-23)31(32)34(40)43-3/h4-12,17-19,23,25,31-32H,13-16,20H2,1-3H3,(H,38,39)/t23-,25?,31-,32+,36?/m0/s1. The molecule has 8 nitrogen and oxygen atoms in total. The molecule has 3 aromatic rings. The van der Waals surface area contributed by atoms with Gasteiger partial charge in [-0.25, -0.2) is 4.39 Å². The van der Waals surface area contributed by atoms with Gasteiger partial charge in [0, 0.05) is 12.0 Å². The average molecular weight is 614 g/mol. The average Bonchev–Trinajstić information content (AvgIpc) is 3.67. The summed E-state index contributed by atoms with van der Waals surface area (Å²) in [6.07, 6.45) is 7.41. The van der Waals surface area contributed by atoms with Crippen molar-refractivity contribution >= 4 is 28.6 Å². The van der Waals surface area contributed by atoms with Gasteiger partial charge in [0.25, 0.3) is 5.91 Å².